The normalized spacial score (nSPS) is 10.8. The molecule has 19 heavy (non-hydrogen) atoms. The minimum atomic E-state index is 0.843. The number of aryl methyl sites for hydroxylation is 1. The van der Waals surface area contributed by atoms with Gasteiger partial charge in [-0.15, -0.1) is 0 Å². The maximum absolute atomic E-state index is 5.79. The van der Waals surface area contributed by atoms with E-state index in [-0.39, 0.29) is 0 Å². The predicted octanol–water partition coefficient (Wildman–Crippen LogP) is 3.33. The molecule has 0 radical (unpaired) electrons. The second-order valence-electron chi connectivity index (χ2n) is 5.07. The van der Waals surface area contributed by atoms with E-state index in [4.69, 9.17) is 5.73 Å². The van der Waals surface area contributed by atoms with Gasteiger partial charge in [-0.05, 0) is 49.7 Å². The van der Waals surface area contributed by atoms with Gasteiger partial charge in [0.15, 0.2) is 0 Å². The van der Waals surface area contributed by atoms with Crippen molar-refractivity contribution in [2.24, 2.45) is 0 Å². The van der Waals surface area contributed by atoms with Crippen LogP contribution in [0.4, 0.5) is 5.69 Å². The first-order valence-corrected chi connectivity index (χ1v) is 6.81. The van der Waals surface area contributed by atoms with Crippen LogP contribution in [0.1, 0.15) is 17.5 Å². The number of nitrogen functional groups attached to an aromatic ring is 1. The van der Waals surface area contributed by atoms with E-state index in [1.165, 1.54) is 17.5 Å². The molecular formula is C17H22N2. The van der Waals surface area contributed by atoms with Gasteiger partial charge >= 0.3 is 0 Å². The third-order valence-electron chi connectivity index (χ3n) is 3.25. The second-order valence-corrected chi connectivity index (χ2v) is 5.07. The van der Waals surface area contributed by atoms with Crippen molar-refractivity contribution >= 4 is 5.69 Å². The second kappa shape index (κ2) is 6.95. The zero-order chi connectivity index (χ0) is 13.5. The van der Waals surface area contributed by atoms with Crippen LogP contribution in [0, 0.1) is 0 Å². The van der Waals surface area contributed by atoms with Gasteiger partial charge in [-0.1, -0.05) is 42.5 Å². The fourth-order valence-corrected chi connectivity index (χ4v) is 2.28. The molecule has 0 aromatic heterocycles. The Morgan fingerprint density at radius 3 is 2.42 bits per heavy atom. The molecule has 2 aromatic rings. The minimum Gasteiger partial charge on any atom is -0.399 e. The number of benzene rings is 2. The van der Waals surface area contributed by atoms with Gasteiger partial charge < -0.3 is 10.6 Å². The number of anilines is 1. The highest BCUT2D eigenvalue weighted by Crippen LogP contribution is 2.09. The fraction of sp³-hybridized carbons (Fsp3) is 0.294. The molecule has 2 rings (SSSR count). The van der Waals surface area contributed by atoms with Crippen molar-refractivity contribution in [2.45, 2.75) is 19.4 Å². The summed E-state index contributed by atoms with van der Waals surface area (Å²) in [7, 11) is 2.16. The lowest BCUT2D eigenvalue weighted by Crippen LogP contribution is -2.19. The monoisotopic (exact) mass is 254 g/mol. The average Bonchev–Trinajstić information content (AvgIpc) is 2.40. The minimum absolute atomic E-state index is 0.843. The van der Waals surface area contributed by atoms with E-state index in [9.17, 15) is 0 Å². The van der Waals surface area contributed by atoms with E-state index < -0.39 is 0 Å². The van der Waals surface area contributed by atoms with Gasteiger partial charge in [0.1, 0.15) is 0 Å². The molecule has 0 aliphatic heterocycles. The van der Waals surface area contributed by atoms with Gasteiger partial charge in [-0.3, -0.25) is 0 Å². The van der Waals surface area contributed by atoms with E-state index in [2.05, 4.69) is 48.3 Å². The van der Waals surface area contributed by atoms with Gasteiger partial charge in [0.25, 0.3) is 0 Å². The summed E-state index contributed by atoms with van der Waals surface area (Å²) in [5.41, 5.74) is 9.33. The lowest BCUT2D eigenvalue weighted by Gasteiger charge is -2.16. The molecule has 0 heterocycles. The lowest BCUT2D eigenvalue weighted by atomic mass is 10.1. The van der Waals surface area contributed by atoms with E-state index in [1.807, 2.05) is 18.2 Å². The summed E-state index contributed by atoms with van der Waals surface area (Å²) in [5.74, 6) is 0. The SMILES string of the molecule is CN(CCCc1ccccc1)Cc1cccc(N)c1. The molecule has 0 amide bonds. The molecular weight excluding hydrogens is 232 g/mol. The highest BCUT2D eigenvalue weighted by atomic mass is 15.1. The summed E-state index contributed by atoms with van der Waals surface area (Å²) in [5, 5.41) is 0. The van der Waals surface area contributed by atoms with Crippen molar-refractivity contribution < 1.29 is 0 Å². The van der Waals surface area contributed by atoms with Crippen molar-refractivity contribution in [3.63, 3.8) is 0 Å². The van der Waals surface area contributed by atoms with E-state index in [0.29, 0.717) is 0 Å². The molecule has 0 bridgehead atoms. The van der Waals surface area contributed by atoms with Gasteiger partial charge in [-0.2, -0.15) is 0 Å². The first kappa shape index (κ1) is 13.6. The summed E-state index contributed by atoms with van der Waals surface area (Å²) in [6.07, 6.45) is 2.32. The Hall–Kier alpha value is -1.80. The van der Waals surface area contributed by atoms with Crippen LogP contribution < -0.4 is 5.73 Å². The van der Waals surface area contributed by atoms with Gasteiger partial charge in [0.05, 0.1) is 0 Å². The molecule has 2 aromatic carbocycles. The molecule has 0 aliphatic carbocycles. The number of rotatable bonds is 6. The molecule has 0 spiro atoms. The Balaban J connectivity index is 1.74. The van der Waals surface area contributed by atoms with E-state index >= 15 is 0 Å². The molecule has 100 valence electrons. The van der Waals surface area contributed by atoms with Crippen molar-refractivity contribution in [1.29, 1.82) is 0 Å². The molecule has 0 saturated heterocycles. The van der Waals surface area contributed by atoms with Crippen LogP contribution >= 0.6 is 0 Å². The van der Waals surface area contributed by atoms with Crippen LogP contribution in [0.5, 0.6) is 0 Å². The number of nitrogens with zero attached hydrogens (tertiary/aromatic N) is 1. The summed E-state index contributed by atoms with van der Waals surface area (Å²) in [4.78, 5) is 2.34. The number of hydrogen-bond acceptors (Lipinski definition) is 2. The Bertz CT molecular complexity index is 494. The van der Waals surface area contributed by atoms with Gasteiger partial charge in [0, 0.05) is 12.2 Å². The quantitative estimate of drug-likeness (QED) is 0.801. The fourth-order valence-electron chi connectivity index (χ4n) is 2.28. The van der Waals surface area contributed by atoms with Crippen molar-refractivity contribution in [1.82, 2.24) is 4.90 Å². The molecule has 2 heteroatoms. The Morgan fingerprint density at radius 1 is 0.947 bits per heavy atom. The zero-order valence-corrected chi connectivity index (χ0v) is 11.5. The molecule has 0 atom stereocenters. The maximum Gasteiger partial charge on any atom is 0.0317 e. The Kier molecular flexibility index (Phi) is 4.99. The molecule has 0 fully saturated rings. The summed E-state index contributed by atoms with van der Waals surface area (Å²) in [6, 6.07) is 18.8. The molecule has 0 saturated carbocycles. The first-order chi connectivity index (χ1) is 9.24. The van der Waals surface area contributed by atoms with Crippen LogP contribution in [0.25, 0.3) is 0 Å². The Morgan fingerprint density at radius 2 is 1.68 bits per heavy atom. The molecule has 0 aliphatic rings. The summed E-state index contributed by atoms with van der Waals surface area (Å²) < 4.78 is 0. The molecule has 2 nitrogen and oxygen atoms in total. The number of hydrogen-bond donors (Lipinski definition) is 1. The third-order valence-corrected chi connectivity index (χ3v) is 3.25. The van der Waals surface area contributed by atoms with Crippen LogP contribution in [-0.4, -0.2) is 18.5 Å². The van der Waals surface area contributed by atoms with Gasteiger partial charge in [-0.25, -0.2) is 0 Å². The van der Waals surface area contributed by atoms with Crippen molar-refractivity contribution in [2.75, 3.05) is 19.3 Å². The van der Waals surface area contributed by atoms with E-state index in [0.717, 1.165) is 25.2 Å². The number of nitrogens with two attached hydrogens (primary N) is 1. The lowest BCUT2D eigenvalue weighted by molar-refractivity contribution is 0.322. The van der Waals surface area contributed by atoms with Gasteiger partial charge in [0.2, 0.25) is 0 Å². The third kappa shape index (κ3) is 4.76. The maximum atomic E-state index is 5.79. The smallest absolute Gasteiger partial charge is 0.0317 e. The highest BCUT2D eigenvalue weighted by molar-refractivity contribution is 5.40. The summed E-state index contributed by atoms with van der Waals surface area (Å²) >= 11 is 0. The predicted molar refractivity (Wildman–Crippen MR) is 82.0 cm³/mol. The molecule has 0 unspecified atom stereocenters. The summed E-state index contributed by atoms with van der Waals surface area (Å²) in [6.45, 7) is 2.06. The largest absolute Gasteiger partial charge is 0.399 e. The standard InChI is InChI=1S/C17H22N2/c1-19(14-16-9-5-11-17(18)13-16)12-6-10-15-7-3-2-4-8-15/h2-5,7-9,11,13H,6,10,12,14,18H2,1H3. The van der Waals surface area contributed by atoms with E-state index in [1.54, 1.807) is 0 Å². The zero-order valence-electron chi connectivity index (χ0n) is 11.5. The van der Waals surface area contributed by atoms with Crippen LogP contribution in [0.3, 0.4) is 0 Å². The highest BCUT2D eigenvalue weighted by Gasteiger charge is 2.01. The first-order valence-electron chi connectivity index (χ1n) is 6.81. The van der Waals surface area contributed by atoms with Crippen molar-refractivity contribution in [3.8, 4) is 0 Å². The van der Waals surface area contributed by atoms with Crippen LogP contribution in [0.15, 0.2) is 54.6 Å². The van der Waals surface area contributed by atoms with Crippen molar-refractivity contribution in [3.05, 3.63) is 65.7 Å². The van der Waals surface area contributed by atoms with Crippen LogP contribution in [0.2, 0.25) is 0 Å². The Labute approximate surface area is 115 Å². The average molecular weight is 254 g/mol. The van der Waals surface area contributed by atoms with Crippen LogP contribution in [-0.2, 0) is 13.0 Å². The molecule has 2 N–H and O–H groups in total. The topological polar surface area (TPSA) is 29.3 Å².